The zero-order valence-corrected chi connectivity index (χ0v) is 18.1. The lowest BCUT2D eigenvalue weighted by molar-refractivity contribution is 0.122. The second-order valence-corrected chi connectivity index (χ2v) is 8.42. The minimum Gasteiger partial charge on any atom is -0.378 e. The van der Waals surface area contributed by atoms with E-state index in [1.807, 2.05) is 18.5 Å². The maximum atomic E-state index is 5.47. The first kappa shape index (κ1) is 19.9. The molecular formula is C24H28N6O. The molecule has 1 saturated heterocycles. The zero-order valence-electron chi connectivity index (χ0n) is 18.1. The van der Waals surface area contributed by atoms with Gasteiger partial charge in [-0.05, 0) is 68.0 Å². The Kier molecular flexibility index (Phi) is 5.51. The van der Waals surface area contributed by atoms with Crippen LogP contribution in [0.5, 0.6) is 0 Å². The van der Waals surface area contributed by atoms with Crippen LogP contribution in [0.1, 0.15) is 48.5 Å². The van der Waals surface area contributed by atoms with E-state index in [9.17, 15) is 0 Å². The van der Waals surface area contributed by atoms with Crippen LogP contribution in [0, 0.1) is 6.92 Å². The van der Waals surface area contributed by atoms with Crippen molar-refractivity contribution in [3.8, 4) is 11.4 Å². The van der Waals surface area contributed by atoms with E-state index in [1.54, 1.807) is 0 Å². The fraction of sp³-hybridized carbons (Fsp3) is 0.417. The summed E-state index contributed by atoms with van der Waals surface area (Å²) in [6.07, 6.45) is 6.26. The van der Waals surface area contributed by atoms with E-state index in [2.05, 4.69) is 63.5 Å². The van der Waals surface area contributed by atoms with Crippen LogP contribution < -0.4 is 10.2 Å². The maximum Gasteiger partial charge on any atom is 0.161 e. The van der Waals surface area contributed by atoms with Crippen molar-refractivity contribution in [3.05, 3.63) is 59.5 Å². The van der Waals surface area contributed by atoms with Gasteiger partial charge in [0.2, 0.25) is 0 Å². The first-order valence-electron chi connectivity index (χ1n) is 11.0. The first-order chi connectivity index (χ1) is 15.2. The number of ether oxygens (including phenoxy) is 1. The molecule has 0 amide bonds. The lowest BCUT2D eigenvalue weighted by Gasteiger charge is -2.27. The van der Waals surface area contributed by atoms with Crippen molar-refractivity contribution in [2.45, 2.75) is 38.6 Å². The molecule has 1 atom stereocenters. The summed E-state index contributed by atoms with van der Waals surface area (Å²) < 4.78 is 5.47. The van der Waals surface area contributed by atoms with E-state index < -0.39 is 0 Å². The molecule has 0 spiro atoms. The van der Waals surface area contributed by atoms with Crippen molar-refractivity contribution in [1.82, 2.24) is 20.2 Å². The molecule has 3 aromatic rings. The quantitative estimate of drug-likeness (QED) is 0.647. The van der Waals surface area contributed by atoms with Gasteiger partial charge in [0.25, 0.3) is 0 Å². The van der Waals surface area contributed by atoms with E-state index in [0.717, 1.165) is 60.5 Å². The highest BCUT2D eigenvalue weighted by Crippen LogP contribution is 2.40. The summed E-state index contributed by atoms with van der Waals surface area (Å²) in [6, 6.07) is 10.6. The third-order valence-electron chi connectivity index (χ3n) is 6.02. The van der Waals surface area contributed by atoms with Gasteiger partial charge in [-0.2, -0.15) is 10.2 Å². The van der Waals surface area contributed by atoms with Gasteiger partial charge in [-0.1, -0.05) is 6.07 Å². The van der Waals surface area contributed by atoms with Crippen LogP contribution in [-0.2, 0) is 4.74 Å². The number of aromatic nitrogens is 4. The van der Waals surface area contributed by atoms with Crippen LogP contribution in [0.25, 0.3) is 11.4 Å². The second kappa shape index (κ2) is 8.59. The Morgan fingerprint density at radius 3 is 2.77 bits per heavy atom. The van der Waals surface area contributed by atoms with Gasteiger partial charge in [0.15, 0.2) is 5.82 Å². The number of nitrogens with zero attached hydrogens (tertiary/aromatic N) is 5. The summed E-state index contributed by atoms with van der Waals surface area (Å²) in [5, 5.41) is 12.1. The minimum atomic E-state index is 0.0577. The molecule has 0 bridgehead atoms. The third-order valence-corrected chi connectivity index (χ3v) is 6.02. The van der Waals surface area contributed by atoms with Crippen molar-refractivity contribution >= 4 is 11.5 Å². The minimum absolute atomic E-state index is 0.0577. The van der Waals surface area contributed by atoms with Crippen LogP contribution in [0.4, 0.5) is 11.5 Å². The molecule has 2 aliphatic rings. The highest BCUT2D eigenvalue weighted by atomic mass is 16.5. The fourth-order valence-electron chi connectivity index (χ4n) is 3.97. The topological polar surface area (TPSA) is 76.1 Å². The lowest BCUT2D eigenvalue weighted by atomic mass is 10.1. The van der Waals surface area contributed by atoms with Gasteiger partial charge >= 0.3 is 0 Å². The van der Waals surface area contributed by atoms with E-state index in [0.29, 0.717) is 5.92 Å². The summed E-state index contributed by atoms with van der Waals surface area (Å²) in [5.41, 5.74) is 5.47. The summed E-state index contributed by atoms with van der Waals surface area (Å²) in [6.45, 7) is 7.40. The number of hydrogen-bond donors (Lipinski definition) is 1. The molecule has 1 aromatic carbocycles. The number of morpholine rings is 1. The fourth-order valence-corrected chi connectivity index (χ4v) is 3.97. The number of aryl methyl sites for hydroxylation is 1. The maximum absolute atomic E-state index is 5.47. The summed E-state index contributed by atoms with van der Waals surface area (Å²) >= 11 is 0. The Morgan fingerprint density at radius 1 is 1.13 bits per heavy atom. The monoisotopic (exact) mass is 416 g/mol. The molecule has 2 fully saturated rings. The molecule has 7 heteroatoms. The van der Waals surface area contributed by atoms with Crippen molar-refractivity contribution in [2.24, 2.45) is 0 Å². The predicted molar refractivity (Wildman–Crippen MR) is 121 cm³/mol. The molecule has 5 rings (SSSR count). The average molecular weight is 417 g/mol. The van der Waals surface area contributed by atoms with Crippen molar-refractivity contribution < 1.29 is 4.74 Å². The van der Waals surface area contributed by atoms with Gasteiger partial charge in [0, 0.05) is 30.5 Å². The van der Waals surface area contributed by atoms with Crippen LogP contribution >= 0.6 is 0 Å². The summed E-state index contributed by atoms with van der Waals surface area (Å²) in [5.74, 6) is 2.36. The number of benzene rings is 1. The SMILES string of the molecule is Cc1ccc(NC(C)c2cc(C3CC3)cnn2)cc1-c1nccc(N2CCOCC2)n1. The smallest absolute Gasteiger partial charge is 0.161 e. The molecule has 1 saturated carbocycles. The van der Waals surface area contributed by atoms with E-state index in [1.165, 1.54) is 18.4 Å². The molecule has 3 heterocycles. The normalized spacial score (nSPS) is 17.4. The standard InChI is InChI=1S/C24H28N6O/c1-16-3-6-20(27-17(2)22-13-19(15-26-29-22)18-4-5-18)14-21(16)24-25-8-7-23(28-24)30-9-11-31-12-10-30/h3,6-8,13-15,17-18,27H,4-5,9-12H2,1-2H3. The van der Waals surface area contributed by atoms with Crippen molar-refractivity contribution in [1.29, 1.82) is 0 Å². The number of nitrogens with one attached hydrogen (secondary N) is 1. The molecule has 1 aliphatic carbocycles. The molecule has 1 aliphatic heterocycles. The van der Waals surface area contributed by atoms with Crippen LogP contribution in [-0.4, -0.2) is 46.5 Å². The van der Waals surface area contributed by atoms with E-state index in [4.69, 9.17) is 9.72 Å². The van der Waals surface area contributed by atoms with Crippen molar-refractivity contribution in [2.75, 3.05) is 36.5 Å². The van der Waals surface area contributed by atoms with Crippen molar-refractivity contribution in [3.63, 3.8) is 0 Å². The Balaban J connectivity index is 1.37. The van der Waals surface area contributed by atoms with Gasteiger partial charge in [-0.25, -0.2) is 9.97 Å². The molecule has 7 nitrogen and oxygen atoms in total. The second-order valence-electron chi connectivity index (χ2n) is 8.42. The number of anilines is 2. The lowest BCUT2D eigenvalue weighted by Crippen LogP contribution is -2.36. The van der Waals surface area contributed by atoms with Crippen LogP contribution in [0.15, 0.2) is 42.7 Å². The van der Waals surface area contributed by atoms with Crippen LogP contribution in [0.3, 0.4) is 0 Å². The predicted octanol–water partition coefficient (Wildman–Crippen LogP) is 4.13. The molecule has 2 aromatic heterocycles. The summed E-state index contributed by atoms with van der Waals surface area (Å²) in [4.78, 5) is 11.7. The van der Waals surface area contributed by atoms with Gasteiger partial charge in [-0.15, -0.1) is 0 Å². The third kappa shape index (κ3) is 4.51. The van der Waals surface area contributed by atoms with Gasteiger partial charge in [-0.3, -0.25) is 0 Å². The highest BCUT2D eigenvalue weighted by Gasteiger charge is 2.25. The summed E-state index contributed by atoms with van der Waals surface area (Å²) in [7, 11) is 0. The average Bonchev–Trinajstić information content (AvgIpc) is 3.67. The zero-order chi connectivity index (χ0) is 21.2. The van der Waals surface area contributed by atoms with Gasteiger partial charge in [0.05, 0.1) is 31.1 Å². The number of rotatable bonds is 6. The molecular weight excluding hydrogens is 388 g/mol. The molecule has 160 valence electrons. The number of hydrogen-bond acceptors (Lipinski definition) is 7. The Morgan fingerprint density at radius 2 is 1.97 bits per heavy atom. The van der Waals surface area contributed by atoms with E-state index >= 15 is 0 Å². The van der Waals surface area contributed by atoms with Gasteiger partial charge in [0.1, 0.15) is 5.82 Å². The molecule has 1 N–H and O–H groups in total. The largest absolute Gasteiger partial charge is 0.378 e. The van der Waals surface area contributed by atoms with Crippen LogP contribution in [0.2, 0.25) is 0 Å². The molecule has 31 heavy (non-hydrogen) atoms. The molecule has 1 unspecified atom stereocenters. The highest BCUT2D eigenvalue weighted by molar-refractivity contribution is 5.67. The van der Waals surface area contributed by atoms with E-state index in [-0.39, 0.29) is 6.04 Å². The van der Waals surface area contributed by atoms with Gasteiger partial charge < -0.3 is 15.0 Å². The Hall–Kier alpha value is -3.06. The first-order valence-corrected chi connectivity index (χ1v) is 11.0. The Labute approximate surface area is 182 Å². The Bertz CT molecular complexity index is 1060. The molecule has 0 radical (unpaired) electrons.